The minimum Gasteiger partial charge on any atom is -0.507 e. The maximum absolute atomic E-state index is 11.7. The van der Waals surface area contributed by atoms with Gasteiger partial charge in [0.1, 0.15) is 11.5 Å². The molecule has 2 bridgehead atoms. The zero-order valence-electron chi connectivity index (χ0n) is 22.5. The van der Waals surface area contributed by atoms with Crippen LogP contribution in [0, 0.1) is 37.5 Å². The molecule has 3 aliphatic carbocycles. The van der Waals surface area contributed by atoms with Crippen molar-refractivity contribution in [2.24, 2.45) is 23.7 Å². The topological polar surface area (TPSA) is 40.5 Å². The van der Waals surface area contributed by atoms with Crippen molar-refractivity contribution in [3.05, 3.63) is 57.6 Å². The Bertz CT molecular complexity index is 1110. The van der Waals surface area contributed by atoms with E-state index in [4.69, 9.17) is 0 Å². The number of phenols is 2. The van der Waals surface area contributed by atoms with Gasteiger partial charge in [-0.05, 0) is 108 Å². The van der Waals surface area contributed by atoms with Crippen LogP contribution >= 0.6 is 0 Å². The highest BCUT2D eigenvalue weighted by molar-refractivity contribution is 5.54. The fourth-order valence-electron chi connectivity index (χ4n) is 8.11. The van der Waals surface area contributed by atoms with Crippen LogP contribution in [0.5, 0.6) is 11.5 Å². The summed E-state index contributed by atoms with van der Waals surface area (Å²) in [5.74, 6) is 4.42. The first kappa shape index (κ1) is 23.8. The van der Waals surface area contributed by atoms with Gasteiger partial charge in [-0.3, -0.25) is 0 Å². The van der Waals surface area contributed by atoms with Crippen molar-refractivity contribution < 1.29 is 10.2 Å². The van der Waals surface area contributed by atoms with Crippen LogP contribution in [0.3, 0.4) is 0 Å². The lowest BCUT2D eigenvalue weighted by Gasteiger charge is -2.34. The normalized spacial score (nSPS) is 30.7. The SMILES string of the molecule is Cc1cc(C2CC3C4CCC(C4)C3C2c2cc(C)cc(C(C)(C)C)c2O)c(O)c(C(C)(C)C)c1. The molecule has 2 aromatic carbocycles. The van der Waals surface area contributed by atoms with Crippen molar-refractivity contribution >= 4 is 0 Å². The van der Waals surface area contributed by atoms with Crippen LogP contribution in [0.15, 0.2) is 24.3 Å². The number of aryl methyl sites for hydroxylation is 2. The number of hydrogen-bond donors (Lipinski definition) is 2. The number of aromatic hydroxyl groups is 2. The Morgan fingerprint density at radius 2 is 1.18 bits per heavy atom. The molecule has 6 atom stereocenters. The average molecular weight is 461 g/mol. The smallest absolute Gasteiger partial charge is 0.122 e. The van der Waals surface area contributed by atoms with Crippen molar-refractivity contribution in [3.8, 4) is 11.5 Å². The fourth-order valence-corrected chi connectivity index (χ4v) is 8.11. The Morgan fingerprint density at radius 1 is 0.676 bits per heavy atom. The van der Waals surface area contributed by atoms with Gasteiger partial charge < -0.3 is 10.2 Å². The molecule has 6 unspecified atom stereocenters. The molecule has 2 N–H and O–H groups in total. The summed E-state index contributed by atoms with van der Waals surface area (Å²) in [6, 6.07) is 8.83. The zero-order valence-corrected chi connectivity index (χ0v) is 22.5. The monoisotopic (exact) mass is 460 g/mol. The first-order chi connectivity index (χ1) is 15.8. The van der Waals surface area contributed by atoms with Gasteiger partial charge in [0.05, 0.1) is 0 Å². The van der Waals surface area contributed by atoms with Crippen LogP contribution in [0.4, 0.5) is 0 Å². The third-order valence-electron chi connectivity index (χ3n) is 9.47. The molecule has 3 fully saturated rings. The van der Waals surface area contributed by atoms with Gasteiger partial charge in [0.25, 0.3) is 0 Å². The van der Waals surface area contributed by atoms with E-state index in [0.29, 0.717) is 23.3 Å². The largest absolute Gasteiger partial charge is 0.507 e. The highest BCUT2D eigenvalue weighted by atomic mass is 16.3. The van der Waals surface area contributed by atoms with Gasteiger partial charge in [0, 0.05) is 0 Å². The van der Waals surface area contributed by atoms with Crippen molar-refractivity contribution in [2.75, 3.05) is 0 Å². The molecule has 2 heteroatoms. The van der Waals surface area contributed by atoms with Gasteiger partial charge in [0.15, 0.2) is 0 Å². The molecule has 184 valence electrons. The molecule has 0 amide bonds. The fraction of sp³-hybridized carbons (Fsp3) is 0.625. The second-order valence-electron chi connectivity index (χ2n) is 13.9. The van der Waals surface area contributed by atoms with Gasteiger partial charge in [-0.25, -0.2) is 0 Å². The predicted octanol–water partition coefficient (Wildman–Crippen LogP) is 8.24. The Balaban J connectivity index is 1.71. The van der Waals surface area contributed by atoms with Gasteiger partial charge in [-0.2, -0.15) is 0 Å². The van der Waals surface area contributed by atoms with Crippen LogP contribution in [0.2, 0.25) is 0 Å². The van der Waals surface area contributed by atoms with Crippen molar-refractivity contribution in [2.45, 2.75) is 104 Å². The summed E-state index contributed by atoms with van der Waals surface area (Å²) in [6.07, 6.45) is 5.20. The van der Waals surface area contributed by atoms with Gasteiger partial charge in [-0.15, -0.1) is 0 Å². The first-order valence-electron chi connectivity index (χ1n) is 13.5. The van der Waals surface area contributed by atoms with E-state index in [0.717, 1.165) is 40.5 Å². The van der Waals surface area contributed by atoms with E-state index in [-0.39, 0.29) is 22.7 Å². The molecular formula is C32H44O2. The number of phenolic OH excluding ortho intramolecular Hbond substituents is 2. The molecule has 0 spiro atoms. The number of hydrogen-bond acceptors (Lipinski definition) is 2. The van der Waals surface area contributed by atoms with Gasteiger partial charge in [0.2, 0.25) is 0 Å². The zero-order chi connectivity index (χ0) is 24.7. The van der Waals surface area contributed by atoms with E-state index in [2.05, 4.69) is 79.7 Å². The number of rotatable bonds is 2. The summed E-state index contributed by atoms with van der Waals surface area (Å²) < 4.78 is 0. The quantitative estimate of drug-likeness (QED) is 0.474. The molecule has 0 radical (unpaired) electrons. The van der Waals surface area contributed by atoms with E-state index >= 15 is 0 Å². The molecule has 3 aliphatic rings. The molecule has 34 heavy (non-hydrogen) atoms. The lowest BCUT2D eigenvalue weighted by Crippen LogP contribution is -2.23. The molecular weight excluding hydrogens is 416 g/mol. The molecule has 3 saturated carbocycles. The maximum atomic E-state index is 11.7. The number of benzene rings is 2. The van der Waals surface area contributed by atoms with Crippen molar-refractivity contribution in [1.29, 1.82) is 0 Å². The third kappa shape index (κ3) is 3.67. The van der Waals surface area contributed by atoms with E-state index in [1.807, 2.05) is 0 Å². The van der Waals surface area contributed by atoms with E-state index in [9.17, 15) is 10.2 Å². The number of fused-ring (bicyclic) bond motifs is 5. The molecule has 5 rings (SSSR count). The van der Waals surface area contributed by atoms with Crippen LogP contribution in [0.25, 0.3) is 0 Å². The molecule has 0 heterocycles. The Labute approximate surface area is 206 Å². The highest BCUT2D eigenvalue weighted by Gasteiger charge is 2.58. The van der Waals surface area contributed by atoms with E-state index < -0.39 is 0 Å². The van der Waals surface area contributed by atoms with Crippen LogP contribution in [-0.4, -0.2) is 10.2 Å². The second-order valence-corrected chi connectivity index (χ2v) is 13.9. The average Bonchev–Trinajstić information content (AvgIpc) is 3.41. The summed E-state index contributed by atoms with van der Waals surface area (Å²) in [6.45, 7) is 17.5. The minimum atomic E-state index is -0.113. The molecule has 2 aromatic rings. The lowest BCUT2D eigenvalue weighted by atomic mass is 9.71. The summed E-state index contributed by atoms with van der Waals surface area (Å²) >= 11 is 0. The minimum absolute atomic E-state index is 0.112. The van der Waals surface area contributed by atoms with Crippen LogP contribution in [0.1, 0.15) is 112 Å². The summed E-state index contributed by atoms with van der Waals surface area (Å²) in [7, 11) is 0. The molecule has 0 saturated heterocycles. The van der Waals surface area contributed by atoms with Crippen molar-refractivity contribution in [3.63, 3.8) is 0 Å². The van der Waals surface area contributed by atoms with Crippen molar-refractivity contribution in [1.82, 2.24) is 0 Å². The third-order valence-corrected chi connectivity index (χ3v) is 9.47. The molecule has 2 nitrogen and oxygen atoms in total. The molecule has 0 aliphatic heterocycles. The molecule has 0 aromatic heterocycles. The maximum Gasteiger partial charge on any atom is 0.122 e. The van der Waals surface area contributed by atoms with E-state index in [1.54, 1.807) is 0 Å². The lowest BCUT2D eigenvalue weighted by molar-refractivity contribution is 0.240. The van der Waals surface area contributed by atoms with Gasteiger partial charge >= 0.3 is 0 Å². The standard InChI is InChI=1S/C32H44O2/c1-17-11-23(29(33)25(13-17)31(3,4)5)22-16-21-19-9-10-20(15-19)27(21)28(22)24-12-18(2)14-26(30(24)34)32(6,7)8/h11-14,19-22,27-28,33-34H,9-10,15-16H2,1-8H3. The Hall–Kier alpha value is -1.96. The first-order valence-corrected chi connectivity index (χ1v) is 13.5. The highest BCUT2D eigenvalue weighted by Crippen LogP contribution is 2.68. The van der Waals surface area contributed by atoms with Gasteiger partial charge in [-0.1, -0.05) is 76.9 Å². The summed E-state index contributed by atoms with van der Waals surface area (Å²) in [5, 5.41) is 23.3. The van der Waals surface area contributed by atoms with Crippen LogP contribution in [-0.2, 0) is 10.8 Å². The predicted molar refractivity (Wildman–Crippen MR) is 141 cm³/mol. The van der Waals surface area contributed by atoms with E-state index in [1.165, 1.54) is 30.4 Å². The Morgan fingerprint density at radius 3 is 1.74 bits per heavy atom. The summed E-state index contributed by atoms with van der Waals surface area (Å²) in [5.41, 5.74) is 6.57. The summed E-state index contributed by atoms with van der Waals surface area (Å²) in [4.78, 5) is 0. The second kappa shape index (κ2) is 7.77. The Kier molecular flexibility index (Phi) is 5.43. The van der Waals surface area contributed by atoms with Crippen LogP contribution < -0.4 is 0 Å².